The maximum absolute atomic E-state index is 12.3. The van der Waals surface area contributed by atoms with E-state index in [9.17, 15) is 9.90 Å². The Morgan fingerprint density at radius 1 is 0.963 bits per heavy atom. The maximum atomic E-state index is 12.3. The Morgan fingerprint density at radius 2 is 1.59 bits per heavy atom. The van der Waals surface area contributed by atoms with Crippen LogP contribution in [0.5, 0.6) is 5.88 Å². The predicted molar refractivity (Wildman–Crippen MR) is 110 cm³/mol. The Kier molecular flexibility index (Phi) is 15.8. The van der Waals surface area contributed by atoms with Gasteiger partial charge in [0.1, 0.15) is 0 Å². The van der Waals surface area contributed by atoms with Crippen LogP contribution in [0.1, 0.15) is 77.7 Å². The van der Waals surface area contributed by atoms with Crippen LogP contribution in [0.2, 0.25) is 0 Å². The predicted octanol–water partition coefficient (Wildman–Crippen LogP) is 0.180. The summed E-state index contributed by atoms with van der Waals surface area (Å²) in [4.78, 5) is 20.9. The number of H-pyrrole nitrogens is 1. The number of hydrogen-bond donors (Lipinski definition) is 3. The summed E-state index contributed by atoms with van der Waals surface area (Å²) in [5, 5.41) is 10.7. The average molecular weight is 420 g/mol. The van der Waals surface area contributed by atoms with Gasteiger partial charge in [0.2, 0.25) is 5.88 Å². The molecular weight excluding hydrogens is 382 g/mol. The van der Waals surface area contributed by atoms with Gasteiger partial charge in [-0.1, -0.05) is 64.6 Å². The molecule has 0 bridgehead atoms. The molecule has 27 heavy (non-hydrogen) atoms. The van der Waals surface area contributed by atoms with Crippen LogP contribution in [-0.2, 0) is 6.42 Å². The van der Waals surface area contributed by atoms with Gasteiger partial charge in [0.25, 0.3) is 5.56 Å². The number of aromatic amines is 1. The Bertz CT molecular complexity index is 549. The lowest BCUT2D eigenvalue weighted by atomic mass is 10.1. The summed E-state index contributed by atoms with van der Waals surface area (Å²) in [7, 11) is 0. The number of aromatic nitrogens is 2. The normalized spacial score (nSPS) is 11.0. The minimum Gasteiger partial charge on any atom is -1.00 e. The molecule has 0 saturated carbocycles. The molecule has 0 radical (unpaired) electrons. The van der Waals surface area contributed by atoms with E-state index >= 15 is 0 Å². The van der Waals surface area contributed by atoms with Crippen LogP contribution in [-0.4, -0.2) is 40.5 Å². The van der Waals surface area contributed by atoms with E-state index in [2.05, 4.69) is 30.7 Å². The molecule has 1 aromatic rings. The summed E-state index contributed by atoms with van der Waals surface area (Å²) < 4.78 is 0. The summed E-state index contributed by atoms with van der Waals surface area (Å²) in [5.41, 5.74) is 0.258. The molecule has 1 rings (SSSR count). The summed E-state index contributed by atoms with van der Waals surface area (Å²) in [6, 6.07) is 0. The topological polar surface area (TPSA) is 70.4 Å². The van der Waals surface area contributed by atoms with Gasteiger partial charge in [0.05, 0.1) is 31.0 Å². The van der Waals surface area contributed by atoms with Gasteiger partial charge in [-0.3, -0.25) is 4.79 Å². The van der Waals surface area contributed by atoms with Crippen LogP contribution < -0.4 is 22.9 Å². The summed E-state index contributed by atoms with van der Waals surface area (Å²) in [5.74, 6) is 0.810. The number of aromatic hydroxyl groups is 1. The lowest BCUT2D eigenvalue weighted by Gasteiger charge is -2.17. The highest BCUT2D eigenvalue weighted by Gasteiger charge is 2.12. The second-order valence-corrected chi connectivity index (χ2v) is 8.12. The number of halogens is 1. The average Bonchev–Trinajstić information content (AvgIpc) is 2.60. The molecule has 3 N–H and O–H groups in total. The maximum Gasteiger partial charge on any atom is 0.258 e. The molecule has 0 saturated heterocycles. The fourth-order valence-electron chi connectivity index (χ4n) is 3.22. The molecule has 0 fully saturated rings. The van der Waals surface area contributed by atoms with Crippen molar-refractivity contribution < 1.29 is 22.4 Å². The van der Waals surface area contributed by atoms with Crippen LogP contribution in [0.3, 0.4) is 0 Å². The van der Waals surface area contributed by atoms with Gasteiger partial charge < -0.3 is 27.4 Å². The highest BCUT2D eigenvalue weighted by Crippen LogP contribution is 2.18. The molecule has 0 aliphatic rings. The van der Waals surface area contributed by atoms with E-state index in [0.29, 0.717) is 17.1 Å². The lowest BCUT2D eigenvalue weighted by Crippen LogP contribution is -3.12. The highest BCUT2D eigenvalue weighted by molar-refractivity contribution is 7.99. The van der Waals surface area contributed by atoms with Gasteiger partial charge in [0, 0.05) is 0 Å². The first-order chi connectivity index (χ1) is 12.6. The highest BCUT2D eigenvalue weighted by atomic mass is 35.5. The van der Waals surface area contributed by atoms with E-state index < -0.39 is 0 Å². The first kappa shape index (κ1) is 26.3. The van der Waals surface area contributed by atoms with E-state index in [1.54, 1.807) is 4.90 Å². The number of nitrogens with one attached hydrogen (secondary N) is 2. The second-order valence-electron chi connectivity index (χ2n) is 7.04. The third-order valence-electron chi connectivity index (χ3n) is 4.65. The minimum absolute atomic E-state index is 0. The third kappa shape index (κ3) is 11.0. The number of hydrogen-bond acceptors (Lipinski definition) is 4. The Labute approximate surface area is 175 Å². The first-order valence-electron chi connectivity index (χ1n) is 10.4. The molecular formula is C20H38ClN3O2S. The smallest absolute Gasteiger partial charge is 0.258 e. The zero-order valence-corrected chi connectivity index (χ0v) is 18.9. The molecule has 1 heterocycles. The Morgan fingerprint density at radius 3 is 2.19 bits per heavy atom. The standard InChI is InChI=1S/C20H37N3O2S.ClH/c1-4-7-8-9-10-11-12-17-18(24)21-20(22-19(17)25)26-16-15-23(13-5-2)14-6-3;/h4-16H2,1-3H3,(H2,21,22,24,25);1H. The zero-order valence-electron chi connectivity index (χ0n) is 17.3. The Hall–Kier alpha value is -0.720. The molecule has 0 aliphatic heterocycles. The van der Waals surface area contributed by atoms with Crippen molar-refractivity contribution in [2.45, 2.75) is 83.7 Å². The number of unbranched alkanes of at least 4 members (excludes halogenated alkanes) is 5. The monoisotopic (exact) mass is 419 g/mol. The number of quaternary nitrogens is 1. The minimum atomic E-state index is -0.181. The van der Waals surface area contributed by atoms with Crippen LogP contribution in [0.25, 0.3) is 0 Å². The van der Waals surface area contributed by atoms with Crippen molar-refractivity contribution in [1.29, 1.82) is 0 Å². The SMILES string of the molecule is CCCCCCCCc1c(O)nc(SCC[NH+](CCC)CCC)[nH]c1=O.[Cl-]. The molecule has 7 heteroatoms. The fourth-order valence-corrected chi connectivity index (χ4v) is 4.12. The van der Waals surface area contributed by atoms with E-state index in [-0.39, 0.29) is 23.8 Å². The van der Waals surface area contributed by atoms with Gasteiger partial charge >= 0.3 is 0 Å². The molecule has 0 aliphatic carbocycles. The van der Waals surface area contributed by atoms with E-state index in [0.717, 1.165) is 25.1 Å². The molecule has 0 spiro atoms. The van der Waals surface area contributed by atoms with Crippen molar-refractivity contribution in [1.82, 2.24) is 9.97 Å². The van der Waals surface area contributed by atoms with Crippen LogP contribution in [0.4, 0.5) is 0 Å². The van der Waals surface area contributed by atoms with Crippen LogP contribution in [0.15, 0.2) is 9.95 Å². The van der Waals surface area contributed by atoms with Crippen molar-refractivity contribution in [3.05, 3.63) is 15.9 Å². The molecule has 0 amide bonds. The van der Waals surface area contributed by atoms with Crippen molar-refractivity contribution >= 4 is 11.8 Å². The van der Waals surface area contributed by atoms with Gasteiger partial charge in [-0.15, -0.1) is 0 Å². The first-order valence-corrected chi connectivity index (χ1v) is 11.4. The molecule has 0 aromatic carbocycles. The van der Waals surface area contributed by atoms with Crippen molar-refractivity contribution in [2.75, 3.05) is 25.4 Å². The van der Waals surface area contributed by atoms with Crippen molar-refractivity contribution in [3.8, 4) is 5.88 Å². The van der Waals surface area contributed by atoms with Crippen LogP contribution in [0, 0.1) is 0 Å². The third-order valence-corrected chi connectivity index (χ3v) is 5.53. The number of nitrogens with zero attached hydrogens (tertiary/aromatic N) is 1. The van der Waals surface area contributed by atoms with E-state index in [1.165, 1.54) is 63.4 Å². The van der Waals surface area contributed by atoms with Crippen molar-refractivity contribution in [3.63, 3.8) is 0 Å². The number of rotatable bonds is 15. The molecule has 0 atom stereocenters. The lowest BCUT2D eigenvalue weighted by molar-refractivity contribution is -0.897. The summed E-state index contributed by atoms with van der Waals surface area (Å²) in [6.45, 7) is 10.0. The molecule has 158 valence electrons. The number of thioether (sulfide) groups is 1. The zero-order chi connectivity index (χ0) is 19.2. The summed E-state index contributed by atoms with van der Waals surface area (Å²) in [6.07, 6.45) is 9.96. The van der Waals surface area contributed by atoms with Gasteiger partial charge in [0.15, 0.2) is 5.16 Å². The molecule has 1 aromatic heterocycles. The van der Waals surface area contributed by atoms with Gasteiger partial charge in [-0.05, 0) is 25.7 Å². The van der Waals surface area contributed by atoms with Gasteiger partial charge in [-0.25, -0.2) is 0 Å². The van der Waals surface area contributed by atoms with Gasteiger partial charge in [-0.2, -0.15) is 4.98 Å². The van der Waals surface area contributed by atoms with E-state index in [1.807, 2.05) is 0 Å². The van der Waals surface area contributed by atoms with Crippen LogP contribution >= 0.6 is 11.8 Å². The Balaban J connectivity index is 0.00000676. The van der Waals surface area contributed by atoms with E-state index in [4.69, 9.17) is 0 Å². The largest absolute Gasteiger partial charge is 1.00 e. The fraction of sp³-hybridized carbons (Fsp3) is 0.800. The molecule has 0 unspecified atom stereocenters. The van der Waals surface area contributed by atoms with Crippen molar-refractivity contribution in [2.24, 2.45) is 0 Å². The molecule has 5 nitrogen and oxygen atoms in total. The summed E-state index contributed by atoms with van der Waals surface area (Å²) >= 11 is 1.53. The second kappa shape index (κ2) is 16.3. The quantitative estimate of drug-likeness (QED) is 0.215.